The number of para-hydroxylation sites is 1. The molecule has 2 rings (SSSR count). The molecule has 2 aromatic carbocycles. The first kappa shape index (κ1) is 14.1. The van der Waals surface area contributed by atoms with E-state index in [9.17, 15) is 18.0 Å². The number of halogens is 3. The van der Waals surface area contributed by atoms with Gasteiger partial charge in [-0.15, -0.1) is 13.2 Å². The highest BCUT2D eigenvalue weighted by Crippen LogP contribution is 2.28. The van der Waals surface area contributed by atoms with Crippen LogP contribution in [0.5, 0.6) is 5.75 Å². The van der Waals surface area contributed by atoms with Crippen LogP contribution in [-0.2, 0) is 0 Å². The summed E-state index contributed by atoms with van der Waals surface area (Å²) in [6.45, 7) is 1.72. The van der Waals surface area contributed by atoms with Crippen molar-refractivity contribution in [2.45, 2.75) is 13.3 Å². The second-order valence-corrected chi connectivity index (χ2v) is 4.19. The van der Waals surface area contributed by atoms with Crippen LogP contribution in [0.2, 0.25) is 0 Å². The van der Waals surface area contributed by atoms with Crippen molar-refractivity contribution in [3.05, 3.63) is 65.2 Å². The lowest BCUT2D eigenvalue weighted by molar-refractivity contribution is -0.274. The summed E-state index contributed by atoms with van der Waals surface area (Å²) in [5.74, 6) is -0.990. The third-order valence-corrected chi connectivity index (χ3v) is 2.75. The first-order valence-electron chi connectivity index (χ1n) is 5.83. The molecule has 0 spiro atoms. The lowest BCUT2D eigenvalue weighted by atomic mass is 9.98. The van der Waals surface area contributed by atoms with Crippen LogP contribution in [0.3, 0.4) is 0 Å². The summed E-state index contributed by atoms with van der Waals surface area (Å²) in [5.41, 5.74) is 0.934. The zero-order valence-electron chi connectivity index (χ0n) is 10.6. The number of carbonyl (C=O) groups is 1. The van der Waals surface area contributed by atoms with Gasteiger partial charge in [0.25, 0.3) is 0 Å². The van der Waals surface area contributed by atoms with Crippen molar-refractivity contribution in [1.29, 1.82) is 0 Å². The minimum Gasteiger partial charge on any atom is -0.405 e. The molecule has 20 heavy (non-hydrogen) atoms. The van der Waals surface area contributed by atoms with E-state index in [0.717, 1.165) is 6.07 Å². The van der Waals surface area contributed by atoms with E-state index in [1.165, 1.54) is 18.2 Å². The summed E-state index contributed by atoms with van der Waals surface area (Å²) >= 11 is 0. The van der Waals surface area contributed by atoms with Crippen molar-refractivity contribution in [3.8, 4) is 5.75 Å². The molecule has 2 aromatic rings. The smallest absolute Gasteiger partial charge is 0.405 e. The Labute approximate surface area is 113 Å². The van der Waals surface area contributed by atoms with Crippen LogP contribution in [0, 0.1) is 6.92 Å². The van der Waals surface area contributed by atoms with Gasteiger partial charge in [0.1, 0.15) is 5.75 Å². The van der Waals surface area contributed by atoms with Crippen molar-refractivity contribution in [2.24, 2.45) is 0 Å². The van der Waals surface area contributed by atoms with Crippen LogP contribution in [0.25, 0.3) is 0 Å². The average Bonchev–Trinajstić information content (AvgIpc) is 2.37. The van der Waals surface area contributed by atoms with Crippen molar-refractivity contribution < 1.29 is 22.7 Å². The highest BCUT2D eigenvalue weighted by Gasteiger charge is 2.33. The summed E-state index contributed by atoms with van der Waals surface area (Å²) in [6, 6.07) is 12.0. The summed E-state index contributed by atoms with van der Waals surface area (Å²) < 4.78 is 40.9. The predicted molar refractivity (Wildman–Crippen MR) is 67.7 cm³/mol. The number of aryl methyl sites for hydroxylation is 1. The van der Waals surface area contributed by atoms with E-state index >= 15 is 0 Å². The molecule has 0 bridgehead atoms. The Bertz CT molecular complexity index is 633. The summed E-state index contributed by atoms with van der Waals surface area (Å²) in [5, 5.41) is 0. The molecule has 5 heteroatoms. The number of alkyl halides is 3. The fraction of sp³-hybridized carbons (Fsp3) is 0.133. The van der Waals surface area contributed by atoms with Gasteiger partial charge in [-0.05, 0) is 24.6 Å². The molecule has 0 saturated carbocycles. The van der Waals surface area contributed by atoms with Crippen LogP contribution in [0.1, 0.15) is 21.5 Å². The van der Waals surface area contributed by atoms with Gasteiger partial charge in [0.15, 0.2) is 5.78 Å². The standard InChI is InChI=1S/C15H11F3O2/c1-10-6-2-3-7-11(10)14(19)12-8-4-5-9-13(12)20-15(16,17)18/h2-9H,1H3. The Hall–Kier alpha value is -2.30. The van der Waals surface area contributed by atoms with Gasteiger partial charge >= 0.3 is 6.36 Å². The normalized spacial score (nSPS) is 11.2. The molecule has 0 heterocycles. The molecule has 0 saturated heterocycles. The fourth-order valence-corrected chi connectivity index (χ4v) is 1.84. The predicted octanol–water partition coefficient (Wildman–Crippen LogP) is 4.12. The van der Waals surface area contributed by atoms with E-state index in [-0.39, 0.29) is 5.56 Å². The topological polar surface area (TPSA) is 26.3 Å². The molecule has 0 fully saturated rings. The van der Waals surface area contributed by atoms with Crippen LogP contribution in [0.15, 0.2) is 48.5 Å². The van der Waals surface area contributed by atoms with Gasteiger partial charge in [-0.2, -0.15) is 0 Å². The van der Waals surface area contributed by atoms with E-state index in [1.807, 2.05) is 0 Å². The zero-order chi connectivity index (χ0) is 14.8. The van der Waals surface area contributed by atoms with E-state index < -0.39 is 17.9 Å². The molecule has 2 nitrogen and oxygen atoms in total. The lowest BCUT2D eigenvalue weighted by Gasteiger charge is -2.13. The maximum absolute atomic E-state index is 12.3. The molecular formula is C15H11F3O2. The second-order valence-electron chi connectivity index (χ2n) is 4.19. The summed E-state index contributed by atoms with van der Waals surface area (Å²) in [7, 11) is 0. The molecule has 0 aliphatic rings. The zero-order valence-corrected chi connectivity index (χ0v) is 10.6. The molecule has 0 atom stereocenters. The first-order chi connectivity index (χ1) is 9.38. The quantitative estimate of drug-likeness (QED) is 0.790. The highest BCUT2D eigenvalue weighted by atomic mass is 19.4. The molecule has 0 amide bonds. The van der Waals surface area contributed by atoms with E-state index in [2.05, 4.69) is 4.74 Å². The van der Waals surface area contributed by atoms with Gasteiger partial charge in [0.2, 0.25) is 0 Å². The number of benzene rings is 2. The van der Waals surface area contributed by atoms with Crippen molar-refractivity contribution in [1.82, 2.24) is 0 Å². The average molecular weight is 280 g/mol. The SMILES string of the molecule is Cc1ccccc1C(=O)c1ccccc1OC(F)(F)F. The minimum atomic E-state index is -4.83. The molecule has 0 aliphatic carbocycles. The number of ether oxygens (including phenoxy) is 1. The highest BCUT2D eigenvalue weighted by molar-refractivity contribution is 6.11. The van der Waals surface area contributed by atoms with Gasteiger partial charge in [-0.25, -0.2) is 0 Å². The van der Waals surface area contributed by atoms with Crippen LogP contribution in [-0.4, -0.2) is 12.1 Å². The van der Waals surface area contributed by atoms with Gasteiger partial charge in [0.05, 0.1) is 5.56 Å². The maximum Gasteiger partial charge on any atom is 0.573 e. The fourth-order valence-electron chi connectivity index (χ4n) is 1.84. The number of hydrogen-bond acceptors (Lipinski definition) is 2. The molecule has 104 valence electrons. The van der Waals surface area contributed by atoms with Crippen LogP contribution < -0.4 is 4.74 Å². The van der Waals surface area contributed by atoms with Crippen LogP contribution in [0.4, 0.5) is 13.2 Å². The Morgan fingerprint density at radius 3 is 2.10 bits per heavy atom. The van der Waals surface area contributed by atoms with Gasteiger partial charge < -0.3 is 4.74 Å². The van der Waals surface area contributed by atoms with Gasteiger partial charge in [-0.1, -0.05) is 36.4 Å². The summed E-state index contributed by atoms with van der Waals surface area (Å²) in [6.07, 6.45) is -4.83. The Balaban J connectivity index is 2.43. The number of hydrogen-bond donors (Lipinski definition) is 0. The first-order valence-corrected chi connectivity index (χ1v) is 5.83. The Kier molecular flexibility index (Phi) is 3.79. The maximum atomic E-state index is 12.3. The number of ketones is 1. The largest absolute Gasteiger partial charge is 0.573 e. The molecule has 0 radical (unpaired) electrons. The number of carbonyl (C=O) groups excluding carboxylic acids is 1. The van der Waals surface area contributed by atoms with Gasteiger partial charge in [0, 0.05) is 5.56 Å². The minimum absolute atomic E-state index is 0.112. The third-order valence-electron chi connectivity index (χ3n) is 2.75. The van der Waals surface area contributed by atoms with E-state index in [1.54, 1.807) is 31.2 Å². The number of rotatable bonds is 3. The van der Waals surface area contributed by atoms with E-state index in [4.69, 9.17) is 0 Å². The van der Waals surface area contributed by atoms with Crippen LogP contribution >= 0.6 is 0 Å². The molecule has 0 aliphatic heterocycles. The summed E-state index contributed by atoms with van der Waals surface area (Å²) in [4.78, 5) is 12.3. The van der Waals surface area contributed by atoms with Gasteiger partial charge in [-0.3, -0.25) is 4.79 Å². The monoisotopic (exact) mass is 280 g/mol. The third kappa shape index (κ3) is 3.17. The Morgan fingerprint density at radius 2 is 1.50 bits per heavy atom. The van der Waals surface area contributed by atoms with Crippen molar-refractivity contribution in [3.63, 3.8) is 0 Å². The molecule has 0 aromatic heterocycles. The molecule has 0 unspecified atom stereocenters. The molecular weight excluding hydrogens is 269 g/mol. The lowest BCUT2D eigenvalue weighted by Crippen LogP contribution is -2.19. The van der Waals surface area contributed by atoms with Crippen molar-refractivity contribution >= 4 is 5.78 Å². The second kappa shape index (κ2) is 5.36. The van der Waals surface area contributed by atoms with E-state index in [0.29, 0.717) is 11.1 Å². The molecule has 0 N–H and O–H groups in total. The van der Waals surface area contributed by atoms with Crippen molar-refractivity contribution in [2.75, 3.05) is 0 Å². The Morgan fingerprint density at radius 1 is 0.950 bits per heavy atom.